The summed E-state index contributed by atoms with van der Waals surface area (Å²) >= 11 is 1.70. The zero-order valence-corrected chi connectivity index (χ0v) is 20.3. The first kappa shape index (κ1) is 22.7. The minimum absolute atomic E-state index is 0.0222. The molecule has 8 heteroatoms. The van der Waals surface area contributed by atoms with Crippen LogP contribution in [0.25, 0.3) is 10.6 Å². The molecule has 3 saturated heterocycles. The van der Waals surface area contributed by atoms with Crippen molar-refractivity contribution in [1.82, 2.24) is 20.2 Å². The fourth-order valence-electron chi connectivity index (χ4n) is 5.22. The van der Waals surface area contributed by atoms with Gasteiger partial charge in [-0.1, -0.05) is 18.2 Å². The number of nitrogens with one attached hydrogen (secondary N) is 2. The van der Waals surface area contributed by atoms with Crippen LogP contribution in [0.2, 0.25) is 0 Å². The summed E-state index contributed by atoms with van der Waals surface area (Å²) < 4.78 is 0. The van der Waals surface area contributed by atoms with E-state index in [9.17, 15) is 9.59 Å². The van der Waals surface area contributed by atoms with Crippen LogP contribution in [-0.4, -0.2) is 52.4 Å². The van der Waals surface area contributed by atoms with Gasteiger partial charge in [-0.3, -0.25) is 9.69 Å². The average Bonchev–Trinajstić information content (AvgIpc) is 3.38. The summed E-state index contributed by atoms with van der Waals surface area (Å²) in [7, 11) is 0. The van der Waals surface area contributed by atoms with Crippen molar-refractivity contribution in [3.05, 3.63) is 64.9 Å². The molecule has 5 heterocycles. The van der Waals surface area contributed by atoms with Crippen LogP contribution in [0.3, 0.4) is 0 Å². The van der Waals surface area contributed by atoms with Crippen LogP contribution < -0.4 is 10.6 Å². The SMILES string of the molecule is CC(=O)c1cccc(NC(=O)NC[C@H]2C[C@@H]3CCN2C[C@@H]3c2cc(-c3cccs3)nc(C)n2)c1. The van der Waals surface area contributed by atoms with Gasteiger partial charge in [0.25, 0.3) is 0 Å². The third-order valence-electron chi connectivity index (χ3n) is 6.92. The maximum absolute atomic E-state index is 12.5. The number of piperidine rings is 3. The first-order chi connectivity index (χ1) is 16.5. The Labute approximate surface area is 203 Å². The fraction of sp³-hybridized carbons (Fsp3) is 0.385. The van der Waals surface area contributed by atoms with Crippen molar-refractivity contribution in [2.45, 2.75) is 38.6 Å². The maximum Gasteiger partial charge on any atom is 0.319 e. The number of nitrogens with zero attached hydrogens (tertiary/aromatic N) is 3. The highest BCUT2D eigenvalue weighted by atomic mass is 32.1. The number of ketones is 1. The van der Waals surface area contributed by atoms with Gasteiger partial charge in [0, 0.05) is 42.0 Å². The van der Waals surface area contributed by atoms with E-state index < -0.39 is 0 Å². The number of carbonyl (C=O) groups is 2. The van der Waals surface area contributed by atoms with Crippen molar-refractivity contribution in [2.75, 3.05) is 25.0 Å². The molecule has 34 heavy (non-hydrogen) atoms. The lowest BCUT2D eigenvalue weighted by molar-refractivity contribution is 0.0307. The van der Waals surface area contributed by atoms with Crippen molar-refractivity contribution in [1.29, 1.82) is 0 Å². The molecule has 2 bridgehead atoms. The highest BCUT2D eigenvalue weighted by molar-refractivity contribution is 7.13. The molecular formula is C26H29N5O2S. The normalized spacial score (nSPS) is 23.5. The topological polar surface area (TPSA) is 87.2 Å². The molecule has 3 fully saturated rings. The van der Waals surface area contributed by atoms with Gasteiger partial charge < -0.3 is 10.6 Å². The fourth-order valence-corrected chi connectivity index (χ4v) is 5.90. The van der Waals surface area contributed by atoms with E-state index in [0.29, 0.717) is 35.7 Å². The molecule has 2 amide bonds. The minimum atomic E-state index is -0.244. The van der Waals surface area contributed by atoms with Gasteiger partial charge in [-0.25, -0.2) is 14.8 Å². The number of benzene rings is 1. The number of Topliss-reactive ketones (excluding diaryl/α,β-unsaturated/α-hetero) is 1. The number of anilines is 1. The minimum Gasteiger partial charge on any atom is -0.336 e. The van der Waals surface area contributed by atoms with Gasteiger partial charge in [-0.15, -0.1) is 11.3 Å². The van der Waals surface area contributed by atoms with Gasteiger partial charge in [0.15, 0.2) is 5.78 Å². The number of fused-ring (bicyclic) bond motifs is 3. The summed E-state index contributed by atoms with van der Waals surface area (Å²) in [6, 6.07) is 13.4. The third-order valence-corrected chi connectivity index (χ3v) is 7.81. The zero-order valence-electron chi connectivity index (χ0n) is 19.5. The predicted octanol–water partition coefficient (Wildman–Crippen LogP) is 4.72. The second-order valence-corrected chi connectivity index (χ2v) is 10.2. The van der Waals surface area contributed by atoms with Crippen LogP contribution in [0.15, 0.2) is 47.8 Å². The molecule has 0 spiro atoms. The Balaban J connectivity index is 1.20. The van der Waals surface area contributed by atoms with Gasteiger partial charge in [-0.05, 0) is 68.8 Å². The van der Waals surface area contributed by atoms with Gasteiger partial charge in [0.2, 0.25) is 0 Å². The number of hydrogen-bond acceptors (Lipinski definition) is 6. The van der Waals surface area contributed by atoms with Crippen LogP contribution in [0.5, 0.6) is 0 Å². The first-order valence-corrected chi connectivity index (χ1v) is 12.6. The van der Waals surface area contributed by atoms with Gasteiger partial charge in [-0.2, -0.15) is 0 Å². The van der Waals surface area contributed by atoms with E-state index in [2.05, 4.69) is 44.1 Å². The molecule has 7 nitrogen and oxygen atoms in total. The van der Waals surface area contributed by atoms with E-state index in [1.54, 1.807) is 35.6 Å². The Morgan fingerprint density at radius 3 is 2.79 bits per heavy atom. The molecule has 3 aliphatic heterocycles. The van der Waals surface area contributed by atoms with E-state index in [0.717, 1.165) is 43.1 Å². The van der Waals surface area contributed by atoms with Crippen molar-refractivity contribution in [3.63, 3.8) is 0 Å². The monoisotopic (exact) mass is 475 g/mol. The van der Waals surface area contributed by atoms with Gasteiger partial charge in [0.1, 0.15) is 5.82 Å². The highest BCUT2D eigenvalue weighted by Crippen LogP contribution is 2.41. The Bertz CT molecular complexity index is 1200. The number of urea groups is 1. The number of aromatic nitrogens is 2. The molecule has 3 aliphatic rings. The summed E-state index contributed by atoms with van der Waals surface area (Å²) in [6.07, 6.45) is 2.20. The molecule has 0 saturated carbocycles. The second-order valence-electron chi connectivity index (χ2n) is 9.21. The van der Waals surface area contributed by atoms with E-state index in [-0.39, 0.29) is 11.8 Å². The molecule has 1 aromatic carbocycles. The molecular weight excluding hydrogens is 446 g/mol. The molecule has 3 aromatic rings. The van der Waals surface area contributed by atoms with E-state index in [1.165, 1.54) is 11.8 Å². The number of hydrogen-bond donors (Lipinski definition) is 2. The number of carbonyl (C=O) groups excluding carboxylic acids is 2. The maximum atomic E-state index is 12.5. The van der Waals surface area contributed by atoms with Crippen LogP contribution in [0.4, 0.5) is 10.5 Å². The van der Waals surface area contributed by atoms with Gasteiger partial charge >= 0.3 is 6.03 Å². The lowest BCUT2D eigenvalue weighted by Gasteiger charge is -2.49. The van der Waals surface area contributed by atoms with Crippen molar-refractivity contribution < 1.29 is 9.59 Å². The lowest BCUT2D eigenvalue weighted by atomic mass is 9.74. The van der Waals surface area contributed by atoms with Crippen LogP contribution >= 0.6 is 11.3 Å². The summed E-state index contributed by atoms with van der Waals surface area (Å²) in [4.78, 5) is 37.2. The summed E-state index contributed by atoms with van der Waals surface area (Å²) in [5.74, 6) is 1.75. The summed E-state index contributed by atoms with van der Waals surface area (Å²) in [5, 5.41) is 7.95. The second kappa shape index (κ2) is 9.64. The Morgan fingerprint density at radius 2 is 2.06 bits per heavy atom. The molecule has 0 aliphatic carbocycles. The number of amides is 2. The van der Waals surface area contributed by atoms with Crippen LogP contribution in [0.1, 0.15) is 47.6 Å². The first-order valence-electron chi connectivity index (χ1n) is 11.8. The van der Waals surface area contributed by atoms with Crippen molar-refractivity contribution in [2.24, 2.45) is 5.92 Å². The Kier molecular flexibility index (Phi) is 6.43. The summed E-state index contributed by atoms with van der Waals surface area (Å²) in [6.45, 7) is 6.10. The zero-order chi connectivity index (χ0) is 23.7. The predicted molar refractivity (Wildman–Crippen MR) is 134 cm³/mol. The Hall–Kier alpha value is -3.10. The summed E-state index contributed by atoms with van der Waals surface area (Å²) in [5.41, 5.74) is 3.36. The molecule has 1 unspecified atom stereocenters. The lowest BCUT2D eigenvalue weighted by Crippen LogP contribution is -2.56. The molecule has 4 atom stereocenters. The number of aryl methyl sites for hydroxylation is 1. The average molecular weight is 476 g/mol. The highest BCUT2D eigenvalue weighted by Gasteiger charge is 2.41. The quantitative estimate of drug-likeness (QED) is 0.504. The van der Waals surface area contributed by atoms with E-state index in [4.69, 9.17) is 4.98 Å². The standard InChI is InChI=1S/C26H29N5O2S/c1-16(32)18-5-3-6-20(11-18)30-26(33)27-14-21-12-19-8-9-31(21)15-22(19)23-13-24(29-17(2)28-23)25-7-4-10-34-25/h3-7,10-11,13,19,21-22H,8-9,12,14-15H2,1-2H3,(H2,27,30,33)/t19-,21+,22-/m0/s1. The molecule has 2 aromatic heterocycles. The third kappa shape index (κ3) is 4.88. The number of rotatable bonds is 6. The smallest absolute Gasteiger partial charge is 0.319 e. The largest absolute Gasteiger partial charge is 0.336 e. The van der Waals surface area contributed by atoms with Crippen molar-refractivity contribution >= 4 is 28.8 Å². The van der Waals surface area contributed by atoms with E-state index >= 15 is 0 Å². The van der Waals surface area contributed by atoms with E-state index in [1.807, 2.05) is 6.92 Å². The number of thiophene rings is 1. The van der Waals surface area contributed by atoms with Gasteiger partial charge in [0.05, 0.1) is 10.6 Å². The van der Waals surface area contributed by atoms with Crippen LogP contribution in [0, 0.1) is 12.8 Å². The molecule has 2 N–H and O–H groups in total. The van der Waals surface area contributed by atoms with Crippen molar-refractivity contribution in [3.8, 4) is 10.6 Å². The molecule has 6 rings (SSSR count). The molecule has 176 valence electrons. The molecule has 0 radical (unpaired) electrons. The Morgan fingerprint density at radius 1 is 1.18 bits per heavy atom. The van der Waals surface area contributed by atoms with Crippen LogP contribution in [-0.2, 0) is 0 Å².